The van der Waals surface area contributed by atoms with Crippen LogP contribution in [0.15, 0.2) is 89.9 Å². The summed E-state index contributed by atoms with van der Waals surface area (Å²) in [7, 11) is 1.72. The van der Waals surface area contributed by atoms with Gasteiger partial charge in [0, 0.05) is 31.0 Å². The molecular formula is C38H47N5O4S2. The van der Waals surface area contributed by atoms with E-state index in [0.717, 1.165) is 26.7 Å². The van der Waals surface area contributed by atoms with Crippen LogP contribution >= 0.6 is 22.7 Å². The minimum atomic E-state index is -0.664. The molecule has 0 bridgehead atoms. The number of alkyl carbamates (subject to hydrolysis) is 1. The first-order chi connectivity index (χ1) is 23.6. The summed E-state index contributed by atoms with van der Waals surface area (Å²) < 4.78 is 5.47. The number of rotatable bonds is 17. The SMILES string of the molecule is CC(C)c1nc(CN(C)C(=O)N[C@H](C(=O)C[C@H](/C=C/[C@H](Cc2ccccc2)NC(=O)OCc2cncs2)Cc2ccccc2)C(C)C)cs1. The minimum Gasteiger partial charge on any atom is -0.444 e. The molecule has 49 heavy (non-hydrogen) atoms. The van der Waals surface area contributed by atoms with E-state index in [9.17, 15) is 14.4 Å². The van der Waals surface area contributed by atoms with Crippen molar-refractivity contribution in [3.8, 4) is 0 Å². The Morgan fingerprint density at radius 1 is 0.898 bits per heavy atom. The zero-order valence-electron chi connectivity index (χ0n) is 28.9. The number of hydrogen-bond donors (Lipinski definition) is 2. The van der Waals surface area contributed by atoms with Crippen molar-refractivity contribution >= 4 is 40.6 Å². The molecule has 0 saturated carbocycles. The highest BCUT2D eigenvalue weighted by atomic mass is 32.1. The number of aromatic nitrogens is 2. The highest BCUT2D eigenvalue weighted by Crippen LogP contribution is 2.21. The fourth-order valence-corrected chi connectivity index (χ4v) is 6.65. The van der Waals surface area contributed by atoms with Crippen LogP contribution in [-0.2, 0) is 35.5 Å². The summed E-state index contributed by atoms with van der Waals surface area (Å²) in [6, 6.07) is 18.6. The molecule has 0 aliphatic heterocycles. The van der Waals surface area contributed by atoms with Crippen molar-refractivity contribution in [2.45, 2.75) is 78.1 Å². The lowest BCUT2D eigenvalue weighted by Crippen LogP contribution is -2.49. The van der Waals surface area contributed by atoms with E-state index in [0.29, 0.717) is 25.3 Å². The van der Waals surface area contributed by atoms with Crippen LogP contribution in [0.25, 0.3) is 0 Å². The molecule has 0 radical (unpaired) electrons. The molecule has 4 aromatic rings. The van der Waals surface area contributed by atoms with E-state index in [4.69, 9.17) is 4.74 Å². The van der Waals surface area contributed by atoms with E-state index in [1.807, 2.05) is 92.0 Å². The Morgan fingerprint density at radius 3 is 2.16 bits per heavy atom. The Balaban J connectivity index is 1.47. The molecule has 260 valence electrons. The molecule has 0 aliphatic carbocycles. The van der Waals surface area contributed by atoms with Crippen molar-refractivity contribution in [2.75, 3.05) is 7.05 Å². The molecule has 0 saturated heterocycles. The number of carbonyl (C=O) groups excluding carboxylic acids is 3. The Labute approximate surface area is 297 Å². The molecule has 0 fully saturated rings. The van der Waals surface area contributed by atoms with Crippen LogP contribution in [0, 0.1) is 11.8 Å². The molecule has 0 aliphatic rings. The number of benzene rings is 2. The molecule has 2 aromatic carbocycles. The summed E-state index contributed by atoms with van der Waals surface area (Å²) >= 11 is 3.02. The van der Waals surface area contributed by atoms with E-state index in [1.165, 1.54) is 11.3 Å². The van der Waals surface area contributed by atoms with Crippen molar-refractivity contribution in [2.24, 2.45) is 11.8 Å². The first kappa shape index (κ1) is 37.5. The van der Waals surface area contributed by atoms with E-state index in [-0.39, 0.29) is 42.7 Å². The van der Waals surface area contributed by atoms with Gasteiger partial charge in [0.25, 0.3) is 0 Å². The summed E-state index contributed by atoms with van der Waals surface area (Å²) in [4.78, 5) is 51.1. The van der Waals surface area contributed by atoms with E-state index in [2.05, 4.69) is 34.4 Å². The second-order valence-electron chi connectivity index (χ2n) is 12.8. The Kier molecular flexibility index (Phi) is 14.5. The number of thiazole rings is 2. The van der Waals surface area contributed by atoms with Gasteiger partial charge >= 0.3 is 12.1 Å². The van der Waals surface area contributed by atoms with E-state index < -0.39 is 12.1 Å². The number of ketones is 1. The predicted octanol–water partition coefficient (Wildman–Crippen LogP) is 7.80. The number of nitrogens with zero attached hydrogens (tertiary/aromatic N) is 3. The molecule has 3 atom stereocenters. The second kappa shape index (κ2) is 19.0. The van der Waals surface area contributed by atoms with Crippen LogP contribution < -0.4 is 10.6 Å². The van der Waals surface area contributed by atoms with Gasteiger partial charge in [-0.05, 0) is 35.8 Å². The van der Waals surface area contributed by atoms with Crippen molar-refractivity contribution in [1.82, 2.24) is 25.5 Å². The number of Topliss-reactive ketones (excluding diaryl/α,β-unsaturated/α-hetero) is 1. The maximum absolute atomic E-state index is 13.9. The van der Waals surface area contributed by atoms with Crippen LogP contribution in [0.1, 0.15) is 66.7 Å². The summed E-state index contributed by atoms with van der Waals surface area (Å²) in [5, 5.41) is 9.00. The van der Waals surface area contributed by atoms with Crippen molar-refractivity contribution in [3.05, 3.63) is 117 Å². The Morgan fingerprint density at radius 2 is 1.57 bits per heavy atom. The van der Waals surface area contributed by atoms with Gasteiger partial charge in [-0.25, -0.2) is 14.6 Å². The number of carbonyl (C=O) groups is 3. The highest BCUT2D eigenvalue weighted by molar-refractivity contribution is 7.09. The average Bonchev–Trinajstić information content (AvgIpc) is 3.78. The molecule has 0 spiro atoms. The number of hydrogen-bond acceptors (Lipinski definition) is 8. The number of allylic oxidation sites excluding steroid dienone is 1. The van der Waals surface area contributed by atoms with Crippen LogP contribution in [0.4, 0.5) is 9.59 Å². The molecule has 2 N–H and O–H groups in total. The summed E-state index contributed by atoms with van der Waals surface area (Å²) in [5.74, 6) is -0.0110. The number of amides is 3. The third-order valence-corrected chi connectivity index (χ3v) is 9.90. The molecule has 2 aromatic heterocycles. The van der Waals surface area contributed by atoms with Gasteiger partial charge in [0.05, 0.1) is 39.7 Å². The van der Waals surface area contributed by atoms with E-state index in [1.54, 1.807) is 35.0 Å². The van der Waals surface area contributed by atoms with Crippen molar-refractivity contribution in [1.29, 1.82) is 0 Å². The zero-order valence-corrected chi connectivity index (χ0v) is 30.5. The third kappa shape index (κ3) is 12.6. The standard InChI is InChI=1S/C38H47N5O4S2/c1-26(2)35(42-37(45)43(5)22-32-24-48-36(40-32)27(3)4)34(44)20-30(18-28-12-8-6-9-13-28)16-17-31(19-29-14-10-7-11-15-29)41-38(46)47-23-33-21-39-25-49-33/h6-17,21,24-27,30-31,35H,18-20,22-23H2,1-5H3,(H,41,46)(H,42,45)/b17-16+/t30-,31-,35+/m1/s1. The summed E-state index contributed by atoms with van der Waals surface area (Å²) in [6.07, 6.45) is 6.51. The Bertz CT molecular complexity index is 1620. The Hall–Kier alpha value is -4.35. The van der Waals surface area contributed by atoms with Crippen molar-refractivity contribution in [3.63, 3.8) is 0 Å². The summed E-state index contributed by atoms with van der Waals surface area (Å²) in [6.45, 7) is 8.57. The van der Waals surface area contributed by atoms with E-state index >= 15 is 0 Å². The fraction of sp³-hybridized carbons (Fsp3) is 0.395. The highest BCUT2D eigenvalue weighted by Gasteiger charge is 2.27. The predicted molar refractivity (Wildman–Crippen MR) is 197 cm³/mol. The fourth-order valence-electron chi connectivity index (χ4n) is 5.32. The lowest BCUT2D eigenvalue weighted by Gasteiger charge is -2.26. The molecule has 2 heterocycles. The van der Waals surface area contributed by atoms with Crippen LogP contribution in [0.3, 0.4) is 0 Å². The first-order valence-corrected chi connectivity index (χ1v) is 18.4. The third-order valence-electron chi connectivity index (χ3n) is 7.95. The van der Waals surface area contributed by atoms with Crippen LogP contribution in [0.5, 0.6) is 0 Å². The topological polar surface area (TPSA) is 114 Å². The maximum Gasteiger partial charge on any atom is 0.407 e. The lowest BCUT2D eigenvalue weighted by molar-refractivity contribution is -0.122. The number of nitrogens with one attached hydrogen (secondary N) is 2. The lowest BCUT2D eigenvalue weighted by atomic mass is 9.88. The summed E-state index contributed by atoms with van der Waals surface area (Å²) in [5.41, 5.74) is 4.68. The van der Waals surface area contributed by atoms with Crippen LogP contribution in [-0.4, -0.2) is 51.9 Å². The van der Waals surface area contributed by atoms with Gasteiger partial charge in [-0.15, -0.1) is 22.7 Å². The normalized spacial score (nSPS) is 13.3. The van der Waals surface area contributed by atoms with Gasteiger partial charge in [-0.3, -0.25) is 9.78 Å². The molecule has 11 heteroatoms. The quantitative estimate of drug-likeness (QED) is 0.109. The van der Waals surface area contributed by atoms with Gasteiger partial charge in [-0.1, -0.05) is 101 Å². The molecule has 3 amide bonds. The number of ether oxygens (including phenoxy) is 1. The largest absolute Gasteiger partial charge is 0.444 e. The van der Waals surface area contributed by atoms with Gasteiger partial charge < -0.3 is 20.3 Å². The zero-order chi connectivity index (χ0) is 35.2. The maximum atomic E-state index is 13.9. The van der Waals surface area contributed by atoms with Crippen molar-refractivity contribution < 1.29 is 19.1 Å². The van der Waals surface area contributed by atoms with Gasteiger partial charge in [0.2, 0.25) is 0 Å². The molecule has 9 nitrogen and oxygen atoms in total. The molecule has 0 unspecified atom stereocenters. The number of urea groups is 1. The van der Waals surface area contributed by atoms with Gasteiger partial charge in [-0.2, -0.15) is 0 Å². The van der Waals surface area contributed by atoms with Gasteiger partial charge in [0.1, 0.15) is 6.61 Å². The molecular weight excluding hydrogens is 655 g/mol. The van der Waals surface area contributed by atoms with Crippen LogP contribution in [0.2, 0.25) is 0 Å². The van der Waals surface area contributed by atoms with Gasteiger partial charge in [0.15, 0.2) is 5.78 Å². The molecule has 4 rings (SSSR count). The minimum absolute atomic E-state index is 0.0466. The first-order valence-electron chi connectivity index (χ1n) is 16.6. The monoisotopic (exact) mass is 701 g/mol. The smallest absolute Gasteiger partial charge is 0.407 e. The second-order valence-corrected chi connectivity index (χ2v) is 14.7. The average molecular weight is 702 g/mol.